The largest absolute Gasteiger partial charge is 0.460 e. The average Bonchev–Trinajstić information content (AvgIpc) is 3.17. The summed E-state index contributed by atoms with van der Waals surface area (Å²) in [5.41, 5.74) is -2.11. The Bertz CT molecular complexity index is 1050. The molecule has 3 aromatic rings. The Labute approximate surface area is 167 Å². The average molecular weight is 422 g/mol. The minimum atomic E-state index is -5.02. The first-order valence-corrected chi connectivity index (χ1v) is 8.52. The van der Waals surface area contributed by atoms with Gasteiger partial charge in [0, 0.05) is 0 Å². The third-order valence-corrected chi connectivity index (χ3v) is 3.84. The molecule has 156 valence electrons. The van der Waals surface area contributed by atoms with Gasteiger partial charge >= 0.3 is 12.1 Å². The number of hydrogen-bond acceptors (Lipinski definition) is 5. The van der Waals surface area contributed by atoms with E-state index in [1.54, 1.807) is 30.3 Å². The number of nitrogens with one attached hydrogen (secondary N) is 1. The van der Waals surface area contributed by atoms with E-state index in [4.69, 9.17) is 4.74 Å². The van der Waals surface area contributed by atoms with E-state index in [2.05, 4.69) is 10.3 Å². The number of hydrogen-bond donors (Lipinski definition) is 1. The number of nitrogens with zero attached hydrogens (tertiary/aromatic N) is 3. The Morgan fingerprint density at radius 3 is 2.47 bits per heavy atom. The molecule has 1 amide bonds. The van der Waals surface area contributed by atoms with Crippen LogP contribution in [-0.2, 0) is 22.3 Å². The van der Waals surface area contributed by atoms with Gasteiger partial charge in [-0.1, -0.05) is 41.6 Å². The van der Waals surface area contributed by atoms with Gasteiger partial charge in [-0.25, -0.2) is 9.07 Å². The number of ether oxygens (including phenoxy) is 1. The maximum absolute atomic E-state index is 13.5. The number of halogens is 4. The first-order valence-electron chi connectivity index (χ1n) is 8.52. The highest BCUT2D eigenvalue weighted by molar-refractivity contribution is 5.95. The molecule has 3 rings (SSSR count). The molecule has 0 aliphatic carbocycles. The highest BCUT2D eigenvalue weighted by Gasteiger charge is 2.42. The second kappa shape index (κ2) is 8.72. The van der Waals surface area contributed by atoms with Crippen molar-refractivity contribution in [1.29, 1.82) is 0 Å². The van der Waals surface area contributed by atoms with Crippen molar-refractivity contribution < 1.29 is 31.9 Å². The van der Waals surface area contributed by atoms with Crippen molar-refractivity contribution >= 4 is 11.9 Å². The van der Waals surface area contributed by atoms with Crippen LogP contribution in [0.1, 0.15) is 21.7 Å². The summed E-state index contributed by atoms with van der Waals surface area (Å²) in [6.45, 7) is -0.727. The van der Waals surface area contributed by atoms with E-state index in [9.17, 15) is 27.2 Å². The Morgan fingerprint density at radius 2 is 1.80 bits per heavy atom. The smallest absolute Gasteiger partial charge is 0.435 e. The van der Waals surface area contributed by atoms with Gasteiger partial charge in [-0.05, 0) is 23.8 Å². The van der Waals surface area contributed by atoms with Crippen LogP contribution in [0.15, 0.2) is 54.6 Å². The van der Waals surface area contributed by atoms with E-state index in [0.29, 0.717) is 10.2 Å². The zero-order valence-electron chi connectivity index (χ0n) is 15.2. The van der Waals surface area contributed by atoms with Crippen molar-refractivity contribution in [2.45, 2.75) is 12.8 Å². The van der Waals surface area contributed by atoms with Gasteiger partial charge in [0.15, 0.2) is 11.4 Å². The lowest BCUT2D eigenvalue weighted by Gasteiger charge is -2.11. The maximum Gasteiger partial charge on any atom is 0.435 e. The molecule has 0 spiro atoms. The van der Waals surface area contributed by atoms with Crippen molar-refractivity contribution in [3.8, 4) is 5.69 Å². The second-order valence-electron chi connectivity index (χ2n) is 6.01. The van der Waals surface area contributed by atoms with E-state index >= 15 is 0 Å². The van der Waals surface area contributed by atoms with Crippen molar-refractivity contribution in [3.05, 3.63) is 77.4 Å². The minimum absolute atomic E-state index is 0.0564. The summed E-state index contributed by atoms with van der Waals surface area (Å²) in [6.07, 6.45) is -5.02. The molecule has 1 N–H and O–H groups in total. The van der Waals surface area contributed by atoms with Gasteiger partial charge < -0.3 is 10.1 Å². The number of carbonyl (C=O) groups is 2. The molecule has 0 aliphatic rings. The lowest BCUT2D eigenvalue weighted by Crippen LogP contribution is -2.32. The van der Waals surface area contributed by atoms with Gasteiger partial charge in [0.2, 0.25) is 0 Å². The van der Waals surface area contributed by atoms with Gasteiger partial charge in [0.05, 0.1) is 5.69 Å². The summed E-state index contributed by atoms with van der Waals surface area (Å²) >= 11 is 0. The Kier molecular flexibility index (Phi) is 6.09. The maximum atomic E-state index is 13.5. The van der Waals surface area contributed by atoms with Crippen LogP contribution in [0.3, 0.4) is 0 Å². The molecule has 0 saturated carbocycles. The highest BCUT2D eigenvalue weighted by atomic mass is 19.4. The van der Waals surface area contributed by atoms with Gasteiger partial charge in [-0.15, -0.1) is 5.10 Å². The minimum Gasteiger partial charge on any atom is -0.460 e. The van der Waals surface area contributed by atoms with Crippen LogP contribution < -0.4 is 5.32 Å². The predicted molar refractivity (Wildman–Crippen MR) is 94.9 cm³/mol. The van der Waals surface area contributed by atoms with Gasteiger partial charge in [0.25, 0.3) is 5.91 Å². The molecule has 2 aromatic carbocycles. The number of aromatic nitrogens is 3. The zero-order valence-corrected chi connectivity index (χ0v) is 15.2. The van der Waals surface area contributed by atoms with E-state index in [-0.39, 0.29) is 12.3 Å². The fraction of sp³-hybridized carbons (Fsp3) is 0.158. The number of esters is 1. The molecule has 0 aliphatic heterocycles. The molecule has 0 radical (unpaired) electrons. The van der Waals surface area contributed by atoms with Gasteiger partial charge in [-0.3, -0.25) is 9.59 Å². The highest BCUT2D eigenvalue weighted by Crippen LogP contribution is 2.32. The molecule has 0 unspecified atom stereocenters. The van der Waals surface area contributed by atoms with Gasteiger partial charge in [0.1, 0.15) is 19.0 Å². The van der Waals surface area contributed by atoms with Crippen LogP contribution in [0, 0.1) is 5.82 Å². The monoisotopic (exact) mass is 422 g/mol. The topological polar surface area (TPSA) is 86.1 Å². The molecule has 7 nitrogen and oxygen atoms in total. The molecule has 0 fully saturated rings. The number of carbonyl (C=O) groups excluding carboxylic acids is 2. The third-order valence-electron chi connectivity index (χ3n) is 3.84. The van der Waals surface area contributed by atoms with Crippen LogP contribution in [0.25, 0.3) is 5.69 Å². The third kappa shape index (κ3) is 4.99. The van der Waals surface area contributed by atoms with Crippen molar-refractivity contribution in [2.24, 2.45) is 0 Å². The Hall–Kier alpha value is -3.76. The molecule has 0 atom stereocenters. The normalized spacial score (nSPS) is 11.2. The summed E-state index contributed by atoms with van der Waals surface area (Å²) in [5.74, 6) is -2.91. The van der Waals surface area contributed by atoms with E-state index in [1.807, 2.05) is 5.32 Å². The number of amides is 1. The lowest BCUT2D eigenvalue weighted by atomic mass is 10.2. The Balaban J connectivity index is 1.72. The number of rotatable bonds is 6. The SMILES string of the molecule is O=C(CNC(=O)c1nnn(-c2cccc(F)c2)c1C(F)(F)F)OCc1ccccc1. The molecular formula is C19H14F4N4O3. The molecular weight excluding hydrogens is 408 g/mol. The van der Waals surface area contributed by atoms with Crippen molar-refractivity contribution in [1.82, 2.24) is 20.3 Å². The standard InChI is InChI=1S/C19H14F4N4O3/c20-13-7-4-8-14(9-13)27-17(19(21,22)23)16(25-26-27)18(29)24-10-15(28)30-11-12-5-2-1-3-6-12/h1-9H,10-11H2,(H,24,29). The number of alkyl halides is 3. The van der Waals surface area contributed by atoms with Crippen molar-refractivity contribution in [2.75, 3.05) is 6.54 Å². The summed E-state index contributed by atoms with van der Waals surface area (Å²) in [7, 11) is 0. The van der Waals surface area contributed by atoms with Crippen LogP contribution in [0.5, 0.6) is 0 Å². The Morgan fingerprint density at radius 1 is 1.07 bits per heavy atom. The summed E-state index contributed by atoms with van der Waals surface area (Å²) in [6, 6.07) is 12.9. The van der Waals surface area contributed by atoms with Crippen LogP contribution >= 0.6 is 0 Å². The second-order valence-corrected chi connectivity index (χ2v) is 6.01. The van der Waals surface area contributed by atoms with E-state index in [0.717, 1.165) is 12.1 Å². The number of benzene rings is 2. The van der Waals surface area contributed by atoms with Crippen LogP contribution in [0.4, 0.5) is 17.6 Å². The molecule has 0 saturated heterocycles. The summed E-state index contributed by atoms with van der Waals surface area (Å²) in [4.78, 5) is 23.9. The van der Waals surface area contributed by atoms with Crippen molar-refractivity contribution in [3.63, 3.8) is 0 Å². The molecule has 1 heterocycles. The first kappa shape index (κ1) is 21.0. The first-order chi connectivity index (χ1) is 14.3. The molecule has 30 heavy (non-hydrogen) atoms. The quantitative estimate of drug-likeness (QED) is 0.488. The summed E-state index contributed by atoms with van der Waals surface area (Å²) < 4.78 is 59.2. The van der Waals surface area contributed by atoms with E-state index in [1.165, 1.54) is 12.1 Å². The molecule has 0 bridgehead atoms. The molecule has 1 aromatic heterocycles. The summed E-state index contributed by atoms with van der Waals surface area (Å²) in [5, 5.41) is 8.61. The van der Waals surface area contributed by atoms with E-state index < -0.39 is 41.8 Å². The fourth-order valence-corrected chi connectivity index (χ4v) is 2.50. The van der Waals surface area contributed by atoms with Crippen LogP contribution in [0.2, 0.25) is 0 Å². The lowest BCUT2D eigenvalue weighted by molar-refractivity contribution is -0.143. The van der Waals surface area contributed by atoms with Gasteiger partial charge in [-0.2, -0.15) is 13.2 Å². The zero-order chi connectivity index (χ0) is 21.7. The predicted octanol–water partition coefficient (Wildman–Crippen LogP) is 2.90. The fourth-order valence-electron chi connectivity index (χ4n) is 2.50. The molecule has 11 heteroatoms. The van der Waals surface area contributed by atoms with Crippen LogP contribution in [-0.4, -0.2) is 33.4 Å².